The van der Waals surface area contributed by atoms with Crippen molar-refractivity contribution in [2.24, 2.45) is 0 Å². The zero-order valence-electron chi connectivity index (χ0n) is 12.5. The first-order valence-electron chi connectivity index (χ1n) is 7.39. The van der Waals surface area contributed by atoms with Crippen molar-refractivity contribution in [2.75, 3.05) is 6.54 Å². The monoisotopic (exact) mass is 296 g/mol. The van der Waals surface area contributed by atoms with Crippen molar-refractivity contribution in [3.8, 4) is 0 Å². The second kappa shape index (κ2) is 6.37. The summed E-state index contributed by atoms with van der Waals surface area (Å²) in [6.45, 7) is 5.19. The Morgan fingerprint density at radius 2 is 2.05 bits per heavy atom. The first-order valence-corrected chi connectivity index (χ1v) is 8.27. The molecule has 1 N–H and O–H groups in total. The Kier molecular flexibility index (Phi) is 4.32. The third kappa shape index (κ3) is 3.14. The largest absolute Gasteiger partial charge is 0.310 e. The molecule has 0 aliphatic rings. The molecule has 1 unspecified atom stereocenters. The molecule has 0 saturated carbocycles. The van der Waals surface area contributed by atoms with Crippen LogP contribution >= 0.6 is 11.3 Å². The summed E-state index contributed by atoms with van der Waals surface area (Å²) in [5.74, 6) is 0. The first kappa shape index (κ1) is 14.2. The number of fused-ring (bicyclic) bond motifs is 1. The molecule has 0 bridgehead atoms. The van der Waals surface area contributed by atoms with Gasteiger partial charge in [-0.05, 0) is 47.5 Å². The van der Waals surface area contributed by atoms with Gasteiger partial charge >= 0.3 is 0 Å². The molecule has 3 aromatic rings. The van der Waals surface area contributed by atoms with E-state index in [2.05, 4.69) is 65.9 Å². The average Bonchev–Trinajstić information content (AvgIpc) is 2.93. The Morgan fingerprint density at radius 3 is 2.81 bits per heavy atom. The van der Waals surface area contributed by atoms with Gasteiger partial charge in [-0.25, -0.2) is 0 Å². The second-order valence-corrected chi connectivity index (χ2v) is 6.24. The number of aromatic nitrogens is 1. The Labute approximate surface area is 129 Å². The van der Waals surface area contributed by atoms with E-state index in [1.165, 1.54) is 21.2 Å². The smallest absolute Gasteiger partial charge is 0.0422 e. The third-order valence-corrected chi connectivity index (χ3v) is 4.70. The number of hydrogen-bond donors (Lipinski definition) is 1. The van der Waals surface area contributed by atoms with Crippen LogP contribution in [-0.4, -0.2) is 11.5 Å². The number of rotatable bonds is 5. The fraction of sp³-hybridized carbons (Fsp3) is 0.278. The SMILES string of the molecule is CCNC(Cc1ccc(C)cn1)c1csc2ccccc12. The molecule has 0 saturated heterocycles. The minimum Gasteiger partial charge on any atom is -0.310 e. The molecule has 3 rings (SSSR count). The lowest BCUT2D eigenvalue weighted by molar-refractivity contribution is 0.548. The van der Waals surface area contributed by atoms with Crippen molar-refractivity contribution in [1.29, 1.82) is 0 Å². The molecule has 1 aromatic carbocycles. The van der Waals surface area contributed by atoms with E-state index < -0.39 is 0 Å². The number of thiophene rings is 1. The minimum absolute atomic E-state index is 0.321. The maximum absolute atomic E-state index is 4.55. The van der Waals surface area contributed by atoms with Gasteiger partial charge in [-0.15, -0.1) is 11.3 Å². The van der Waals surface area contributed by atoms with Crippen LogP contribution in [0.1, 0.15) is 29.8 Å². The van der Waals surface area contributed by atoms with E-state index in [1.54, 1.807) is 0 Å². The Balaban J connectivity index is 1.92. The van der Waals surface area contributed by atoms with Gasteiger partial charge in [0.1, 0.15) is 0 Å². The van der Waals surface area contributed by atoms with Gasteiger partial charge in [0.15, 0.2) is 0 Å². The number of benzene rings is 1. The third-order valence-electron chi connectivity index (χ3n) is 3.72. The predicted octanol–water partition coefficient (Wildman–Crippen LogP) is 4.50. The van der Waals surface area contributed by atoms with E-state index in [0.29, 0.717) is 6.04 Å². The normalized spacial score (nSPS) is 12.7. The molecule has 0 amide bonds. The standard InChI is InChI=1S/C18H20N2S/c1-3-19-17(10-14-9-8-13(2)11-20-14)16-12-21-18-7-5-4-6-15(16)18/h4-9,11-12,17,19H,3,10H2,1-2H3. The molecule has 0 aliphatic carbocycles. The summed E-state index contributed by atoms with van der Waals surface area (Å²) < 4.78 is 1.35. The first-order chi connectivity index (χ1) is 10.3. The second-order valence-electron chi connectivity index (χ2n) is 5.33. The van der Waals surface area contributed by atoms with Crippen LogP contribution in [-0.2, 0) is 6.42 Å². The van der Waals surface area contributed by atoms with E-state index >= 15 is 0 Å². The summed E-state index contributed by atoms with van der Waals surface area (Å²) in [5.41, 5.74) is 3.74. The number of nitrogens with one attached hydrogen (secondary N) is 1. The molecule has 3 heteroatoms. The maximum Gasteiger partial charge on any atom is 0.0422 e. The van der Waals surface area contributed by atoms with E-state index in [-0.39, 0.29) is 0 Å². The highest BCUT2D eigenvalue weighted by molar-refractivity contribution is 7.17. The topological polar surface area (TPSA) is 24.9 Å². The molecule has 2 nitrogen and oxygen atoms in total. The van der Waals surface area contributed by atoms with Gasteiger partial charge in [-0.2, -0.15) is 0 Å². The van der Waals surface area contributed by atoms with Crippen LogP contribution in [0.15, 0.2) is 48.0 Å². The summed E-state index contributed by atoms with van der Waals surface area (Å²) in [4.78, 5) is 4.55. The van der Waals surface area contributed by atoms with Crippen LogP contribution in [0.25, 0.3) is 10.1 Å². The van der Waals surface area contributed by atoms with E-state index in [1.807, 2.05) is 17.5 Å². The van der Waals surface area contributed by atoms with Crippen molar-refractivity contribution >= 4 is 21.4 Å². The molecule has 0 radical (unpaired) electrons. The molecule has 1 atom stereocenters. The number of hydrogen-bond acceptors (Lipinski definition) is 3. The Morgan fingerprint density at radius 1 is 1.19 bits per heavy atom. The lowest BCUT2D eigenvalue weighted by Gasteiger charge is -2.17. The highest BCUT2D eigenvalue weighted by Gasteiger charge is 2.16. The predicted molar refractivity (Wildman–Crippen MR) is 90.9 cm³/mol. The van der Waals surface area contributed by atoms with Crippen molar-refractivity contribution in [3.05, 3.63) is 64.8 Å². The van der Waals surface area contributed by atoms with Gasteiger partial charge in [0, 0.05) is 29.1 Å². The molecule has 0 spiro atoms. The van der Waals surface area contributed by atoms with E-state index in [0.717, 1.165) is 18.7 Å². The van der Waals surface area contributed by atoms with E-state index in [4.69, 9.17) is 0 Å². The molecule has 108 valence electrons. The summed E-state index contributed by atoms with van der Waals surface area (Å²) in [5, 5.41) is 7.25. The Hall–Kier alpha value is -1.71. The summed E-state index contributed by atoms with van der Waals surface area (Å²) >= 11 is 1.82. The molecule has 2 aromatic heterocycles. The lowest BCUT2D eigenvalue weighted by Crippen LogP contribution is -2.23. The molecular formula is C18H20N2S. The summed E-state index contributed by atoms with van der Waals surface area (Å²) in [6.07, 6.45) is 2.87. The van der Waals surface area contributed by atoms with Crippen LogP contribution in [0.4, 0.5) is 0 Å². The van der Waals surface area contributed by atoms with Gasteiger partial charge in [-0.1, -0.05) is 31.2 Å². The minimum atomic E-state index is 0.321. The Bertz CT molecular complexity index is 715. The zero-order chi connectivity index (χ0) is 14.7. The number of aryl methyl sites for hydroxylation is 1. The highest BCUT2D eigenvalue weighted by Crippen LogP contribution is 2.31. The summed E-state index contributed by atoms with van der Waals surface area (Å²) in [6, 6.07) is 13.2. The van der Waals surface area contributed by atoms with Gasteiger partial charge in [-0.3, -0.25) is 4.98 Å². The maximum atomic E-state index is 4.55. The molecule has 2 heterocycles. The number of nitrogens with zero attached hydrogens (tertiary/aromatic N) is 1. The van der Waals surface area contributed by atoms with Crippen molar-refractivity contribution in [2.45, 2.75) is 26.3 Å². The molecule has 0 aliphatic heterocycles. The quantitative estimate of drug-likeness (QED) is 0.750. The fourth-order valence-electron chi connectivity index (χ4n) is 2.63. The molecule has 21 heavy (non-hydrogen) atoms. The van der Waals surface area contributed by atoms with Crippen molar-refractivity contribution in [1.82, 2.24) is 10.3 Å². The average molecular weight is 296 g/mol. The van der Waals surface area contributed by atoms with Crippen molar-refractivity contribution in [3.63, 3.8) is 0 Å². The van der Waals surface area contributed by atoms with Crippen LogP contribution in [0.3, 0.4) is 0 Å². The van der Waals surface area contributed by atoms with E-state index in [9.17, 15) is 0 Å². The van der Waals surface area contributed by atoms with Gasteiger partial charge in [0.05, 0.1) is 0 Å². The van der Waals surface area contributed by atoms with Crippen LogP contribution in [0, 0.1) is 6.92 Å². The summed E-state index contributed by atoms with van der Waals surface area (Å²) in [7, 11) is 0. The van der Waals surface area contributed by atoms with Gasteiger partial charge in [0.2, 0.25) is 0 Å². The van der Waals surface area contributed by atoms with Gasteiger partial charge in [0.25, 0.3) is 0 Å². The van der Waals surface area contributed by atoms with Crippen LogP contribution in [0.5, 0.6) is 0 Å². The van der Waals surface area contributed by atoms with Crippen molar-refractivity contribution < 1.29 is 0 Å². The number of pyridine rings is 1. The molecule has 0 fully saturated rings. The lowest BCUT2D eigenvalue weighted by atomic mass is 10.0. The fourth-order valence-corrected chi connectivity index (χ4v) is 3.65. The van der Waals surface area contributed by atoms with Gasteiger partial charge < -0.3 is 5.32 Å². The molecular weight excluding hydrogens is 276 g/mol. The van der Waals surface area contributed by atoms with Crippen LogP contribution < -0.4 is 5.32 Å². The zero-order valence-corrected chi connectivity index (χ0v) is 13.3. The van der Waals surface area contributed by atoms with Crippen LogP contribution in [0.2, 0.25) is 0 Å². The highest BCUT2D eigenvalue weighted by atomic mass is 32.1. The number of likely N-dealkylation sites (N-methyl/N-ethyl adjacent to an activating group) is 1.